The quantitative estimate of drug-likeness (QED) is 0.731. The summed E-state index contributed by atoms with van der Waals surface area (Å²) in [5.41, 5.74) is 3.72. The van der Waals surface area contributed by atoms with Gasteiger partial charge in [-0.3, -0.25) is 9.59 Å². The van der Waals surface area contributed by atoms with Gasteiger partial charge in [0.15, 0.2) is 5.78 Å². The molecule has 2 aliphatic rings. The molecule has 4 rings (SSSR count). The van der Waals surface area contributed by atoms with E-state index >= 15 is 0 Å². The number of ketones is 1. The first-order chi connectivity index (χ1) is 14.4. The van der Waals surface area contributed by atoms with Crippen molar-refractivity contribution in [2.24, 2.45) is 5.41 Å². The molecule has 2 heterocycles. The van der Waals surface area contributed by atoms with Gasteiger partial charge in [0, 0.05) is 22.6 Å². The molecule has 1 unspecified atom stereocenters. The van der Waals surface area contributed by atoms with Gasteiger partial charge in [-0.15, -0.1) is 11.3 Å². The van der Waals surface area contributed by atoms with Crippen LogP contribution in [0, 0.1) is 5.41 Å². The molecule has 0 radical (unpaired) electrons. The molecule has 1 amide bonds. The number of carbonyl (C=O) groups excluding carboxylic acids is 2. The van der Waals surface area contributed by atoms with E-state index in [1.807, 2.05) is 41.8 Å². The van der Waals surface area contributed by atoms with Crippen molar-refractivity contribution < 1.29 is 9.59 Å². The molecule has 0 bridgehead atoms. The zero-order valence-electron chi connectivity index (χ0n) is 17.8. The van der Waals surface area contributed by atoms with Crippen LogP contribution in [0.15, 0.2) is 53.0 Å². The van der Waals surface area contributed by atoms with Crippen molar-refractivity contribution in [1.29, 1.82) is 0 Å². The number of rotatable bonds is 5. The summed E-state index contributed by atoms with van der Waals surface area (Å²) in [4.78, 5) is 29.3. The third-order valence-electron chi connectivity index (χ3n) is 5.87. The van der Waals surface area contributed by atoms with Gasteiger partial charge in [0.1, 0.15) is 0 Å². The smallest absolute Gasteiger partial charge is 0.239 e. The molecular formula is C24H29N3O2S. The van der Waals surface area contributed by atoms with Crippen molar-refractivity contribution in [2.75, 3.05) is 16.8 Å². The number of carbonyl (C=O) groups is 2. The molecular weight excluding hydrogens is 394 g/mol. The van der Waals surface area contributed by atoms with Crippen LogP contribution in [0.4, 0.5) is 11.4 Å². The van der Waals surface area contributed by atoms with Crippen LogP contribution in [0.5, 0.6) is 0 Å². The van der Waals surface area contributed by atoms with Crippen molar-refractivity contribution in [3.63, 3.8) is 0 Å². The number of anilines is 2. The number of hydrogen-bond acceptors (Lipinski definition) is 5. The van der Waals surface area contributed by atoms with Crippen LogP contribution in [-0.2, 0) is 16.1 Å². The van der Waals surface area contributed by atoms with Crippen molar-refractivity contribution in [3.8, 4) is 0 Å². The van der Waals surface area contributed by atoms with E-state index in [2.05, 4.69) is 36.3 Å². The third kappa shape index (κ3) is 4.15. The number of amides is 1. The van der Waals surface area contributed by atoms with Gasteiger partial charge in [-0.2, -0.15) is 0 Å². The highest BCUT2D eigenvalue weighted by molar-refractivity contribution is 7.09. The van der Waals surface area contributed by atoms with Crippen LogP contribution >= 0.6 is 11.3 Å². The molecule has 1 aliphatic heterocycles. The minimum absolute atomic E-state index is 0.0377. The van der Waals surface area contributed by atoms with E-state index in [0.717, 1.165) is 40.4 Å². The third-order valence-corrected chi connectivity index (χ3v) is 6.75. The van der Waals surface area contributed by atoms with Gasteiger partial charge < -0.3 is 15.5 Å². The van der Waals surface area contributed by atoms with Crippen LogP contribution in [-0.4, -0.2) is 24.3 Å². The van der Waals surface area contributed by atoms with Crippen LogP contribution in [0.1, 0.15) is 44.9 Å². The average Bonchev–Trinajstić information content (AvgIpc) is 3.17. The minimum atomic E-state index is -0.118. The fraction of sp³-hybridized carbons (Fsp3) is 0.417. The van der Waals surface area contributed by atoms with E-state index in [9.17, 15) is 9.59 Å². The summed E-state index contributed by atoms with van der Waals surface area (Å²) in [6, 6.07) is 11.9. The Bertz CT molecular complexity index is 978. The number of nitrogens with zero attached hydrogens (tertiary/aromatic N) is 1. The Balaban J connectivity index is 1.66. The zero-order valence-corrected chi connectivity index (χ0v) is 18.6. The van der Waals surface area contributed by atoms with E-state index in [-0.39, 0.29) is 29.7 Å². The summed E-state index contributed by atoms with van der Waals surface area (Å²) < 4.78 is 0. The Labute approximate surface area is 182 Å². The second-order valence-electron chi connectivity index (χ2n) is 8.88. The van der Waals surface area contributed by atoms with E-state index in [1.54, 1.807) is 11.3 Å². The summed E-state index contributed by atoms with van der Waals surface area (Å²) in [5.74, 6) is 0.154. The summed E-state index contributed by atoms with van der Waals surface area (Å²) >= 11 is 1.63. The molecule has 0 saturated heterocycles. The topological polar surface area (TPSA) is 61.4 Å². The number of fused-ring (bicyclic) bond motifs is 1. The summed E-state index contributed by atoms with van der Waals surface area (Å²) in [6.45, 7) is 7.12. The lowest BCUT2D eigenvalue weighted by atomic mass is 9.74. The molecule has 1 aromatic heterocycles. The highest BCUT2D eigenvalue weighted by Crippen LogP contribution is 2.44. The molecule has 1 aliphatic carbocycles. The van der Waals surface area contributed by atoms with Crippen molar-refractivity contribution >= 4 is 34.4 Å². The number of allylic oxidation sites excluding steroid dienone is 1. The van der Waals surface area contributed by atoms with E-state index in [4.69, 9.17) is 0 Å². The fourth-order valence-corrected chi connectivity index (χ4v) is 5.22. The molecule has 0 fully saturated rings. The lowest BCUT2D eigenvalue weighted by Gasteiger charge is -2.37. The van der Waals surface area contributed by atoms with Gasteiger partial charge in [0.05, 0.1) is 30.5 Å². The van der Waals surface area contributed by atoms with E-state index in [0.29, 0.717) is 13.0 Å². The van der Waals surface area contributed by atoms with Gasteiger partial charge in [-0.25, -0.2) is 0 Å². The Morgan fingerprint density at radius 1 is 1.23 bits per heavy atom. The molecule has 0 spiro atoms. The molecule has 0 saturated carbocycles. The van der Waals surface area contributed by atoms with Crippen LogP contribution in [0.25, 0.3) is 0 Å². The number of para-hydroxylation sites is 2. The Morgan fingerprint density at radius 2 is 2.03 bits per heavy atom. The first-order valence-corrected chi connectivity index (χ1v) is 11.4. The molecule has 30 heavy (non-hydrogen) atoms. The van der Waals surface area contributed by atoms with Gasteiger partial charge in [0.2, 0.25) is 5.91 Å². The van der Waals surface area contributed by atoms with Gasteiger partial charge in [-0.1, -0.05) is 39.0 Å². The predicted octanol–water partition coefficient (Wildman–Crippen LogP) is 4.72. The summed E-state index contributed by atoms with van der Waals surface area (Å²) in [7, 11) is 0. The summed E-state index contributed by atoms with van der Waals surface area (Å²) in [6.07, 6.45) is 2.13. The normalized spacial score (nSPS) is 20.2. The standard InChI is InChI=1S/C24H29N3O2S/c1-4-19-23-18(12-24(2,3)13-21(23)28)26-17-9-5-6-10-20(17)27(19)15-22(29)25-14-16-8-7-11-30-16/h5-11,19,26H,4,12-15H2,1-3H3,(H,25,29). The van der Waals surface area contributed by atoms with Crippen molar-refractivity contribution in [1.82, 2.24) is 5.32 Å². The minimum Gasteiger partial charge on any atom is -0.357 e. The van der Waals surface area contributed by atoms with Crippen LogP contribution in [0.3, 0.4) is 0 Å². The average molecular weight is 424 g/mol. The van der Waals surface area contributed by atoms with Crippen molar-refractivity contribution in [2.45, 2.75) is 52.6 Å². The number of nitrogens with one attached hydrogen (secondary N) is 2. The van der Waals surface area contributed by atoms with E-state index in [1.165, 1.54) is 0 Å². The molecule has 158 valence electrons. The molecule has 2 N–H and O–H groups in total. The Kier molecular flexibility index (Phi) is 5.69. The number of thiophene rings is 1. The van der Waals surface area contributed by atoms with Crippen LogP contribution < -0.4 is 15.5 Å². The first kappa shape index (κ1) is 20.7. The molecule has 1 aromatic carbocycles. The second-order valence-corrected chi connectivity index (χ2v) is 9.92. The highest BCUT2D eigenvalue weighted by atomic mass is 32.1. The predicted molar refractivity (Wildman–Crippen MR) is 123 cm³/mol. The Morgan fingerprint density at radius 3 is 2.77 bits per heavy atom. The SMILES string of the molecule is CCC1C2=C(CC(C)(C)CC2=O)Nc2ccccc2N1CC(=O)NCc1cccs1. The lowest BCUT2D eigenvalue weighted by Crippen LogP contribution is -2.46. The molecule has 5 nitrogen and oxygen atoms in total. The molecule has 1 atom stereocenters. The summed E-state index contributed by atoms with van der Waals surface area (Å²) in [5, 5.41) is 8.60. The first-order valence-electron chi connectivity index (χ1n) is 10.6. The largest absolute Gasteiger partial charge is 0.357 e. The second kappa shape index (κ2) is 8.26. The molecule has 2 aromatic rings. The van der Waals surface area contributed by atoms with Gasteiger partial charge >= 0.3 is 0 Å². The fourth-order valence-electron chi connectivity index (χ4n) is 4.58. The Hall–Kier alpha value is -2.60. The lowest BCUT2D eigenvalue weighted by molar-refractivity contribution is -0.120. The monoisotopic (exact) mass is 423 g/mol. The maximum Gasteiger partial charge on any atom is 0.239 e. The van der Waals surface area contributed by atoms with Crippen LogP contribution in [0.2, 0.25) is 0 Å². The number of benzene rings is 1. The number of hydrogen-bond donors (Lipinski definition) is 2. The maximum absolute atomic E-state index is 13.2. The van der Waals surface area contributed by atoms with Crippen molar-refractivity contribution in [3.05, 3.63) is 57.9 Å². The van der Waals surface area contributed by atoms with E-state index < -0.39 is 0 Å². The van der Waals surface area contributed by atoms with Gasteiger partial charge in [-0.05, 0) is 41.8 Å². The highest BCUT2D eigenvalue weighted by Gasteiger charge is 2.40. The zero-order chi connectivity index (χ0) is 21.3. The number of Topliss-reactive ketones (excluding diaryl/α,β-unsaturated/α-hetero) is 1. The maximum atomic E-state index is 13.2. The molecule has 6 heteroatoms. The van der Waals surface area contributed by atoms with Gasteiger partial charge in [0.25, 0.3) is 0 Å².